The molecule has 0 spiro atoms. The zero-order valence-corrected chi connectivity index (χ0v) is 20.7. The number of carbonyl (C=O) groups excluding carboxylic acids is 1. The van der Waals surface area contributed by atoms with Crippen LogP contribution in [0.4, 0.5) is 0 Å². The molecule has 2 heterocycles. The zero-order valence-electron chi connectivity index (χ0n) is 20.7. The van der Waals surface area contributed by atoms with E-state index >= 15 is 0 Å². The Morgan fingerprint density at radius 1 is 1.11 bits per heavy atom. The maximum atomic E-state index is 13.0. The molecule has 1 aliphatic rings. The first-order chi connectivity index (χ1) is 17.0. The molecule has 0 amide bonds. The maximum Gasteiger partial charge on any atom is 0.170 e. The summed E-state index contributed by atoms with van der Waals surface area (Å²) in [5.41, 5.74) is 4.52. The number of methoxy groups -OCH3 is 1. The van der Waals surface area contributed by atoms with E-state index in [4.69, 9.17) is 9.47 Å². The van der Waals surface area contributed by atoms with Gasteiger partial charge in [0.2, 0.25) is 0 Å². The van der Waals surface area contributed by atoms with Crippen molar-refractivity contribution in [2.75, 3.05) is 20.3 Å². The Hall–Kier alpha value is -3.34. The van der Waals surface area contributed by atoms with E-state index in [1.54, 1.807) is 24.2 Å². The zero-order chi connectivity index (χ0) is 24.8. The molecule has 0 radical (unpaired) electrons. The number of ether oxygens (including phenoxy) is 2. The summed E-state index contributed by atoms with van der Waals surface area (Å²) in [4.78, 5) is 17.6. The van der Waals surface area contributed by atoms with E-state index < -0.39 is 5.41 Å². The molecule has 3 aromatic rings. The molecule has 1 aliphatic carbocycles. The van der Waals surface area contributed by atoms with Crippen molar-refractivity contribution in [3.63, 3.8) is 0 Å². The molecule has 1 saturated carbocycles. The van der Waals surface area contributed by atoms with Crippen LogP contribution in [-0.2, 0) is 21.3 Å². The molecule has 0 N–H and O–H groups in total. The first-order valence-corrected chi connectivity index (χ1v) is 12.1. The molecular formula is C28H32N4O3. The number of hydrogen-bond acceptors (Lipinski definition) is 6. The molecule has 0 unspecified atom stereocenters. The lowest BCUT2D eigenvalue weighted by Crippen LogP contribution is -2.34. The SMILES string of the molecule is COCCOC1CCC(C#N)(c2ccc(CC(=O)c3cnn(-c4ccc(C)cc4)c3C)cn2)CC1. The van der Waals surface area contributed by atoms with E-state index in [1.165, 1.54) is 5.56 Å². The average molecular weight is 473 g/mol. The highest BCUT2D eigenvalue weighted by molar-refractivity contribution is 5.98. The summed E-state index contributed by atoms with van der Waals surface area (Å²) >= 11 is 0. The number of aromatic nitrogens is 3. The van der Waals surface area contributed by atoms with Crippen molar-refractivity contribution < 1.29 is 14.3 Å². The molecule has 0 atom stereocenters. The van der Waals surface area contributed by atoms with Gasteiger partial charge in [0.25, 0.3) is 0 Å². The van der Waals surface area contributed by atoms with Gasteiger partial charge in [-0.3, -0.25) is 9.78 Å². The van der Waals surface area contributed by atoms with Crippen LogP contribution in [0.15, 0.2) is 48.8 Å². The Morgan fingerprint density at radius 2 is 1.86 bits per heavy atom. The molecule has 0 bridgehead atoms. The molecule has 182 valence electrons. The third-order valence-corrected chi connectivity index (χ3v) is 6.91. The quantitative estimate of drug-likeness (QED) is 0.332. The molecule has 1 aromatic carbocycles. The third kappa shape index (κ3) is 5.50. The monoisotopic (exact) mass is 472 g/mol. The number of aryl methyl sites for hydroxylation is 1. The van der Waals surface area contributed by atoms with Gasteiger partial charge in [-0.15, -0.1) is 0 Å². The first kappa shape index (κ1) is 24.8. The highest BCUT2D eigenvalue weighted by atomic mass is 16.5. The fourth-order valence-electron chi connectivity index (χ4n) is 4.70. The number of carbonyl (C=O) groups is 1. The minimum absolute atomic E-state index is 0.000811. The fraction of sp³-hybridized carbons (Fsp3) is 0.429. The van der Waals surface area contributed by atoms with Crippen LogP contribution >= 0.6 is 0 Å². The number of nitriles is 1. The minimum atomic E-state index is -0.602. The van der Waals surface area contributed by atoms with Crippen LogP contribution in [0.3, 0.4) is 0 Å². The summed E-state index contributed by atoms with van der Waals surface area (Å²) in [5.74, 6) is -0.000811. The summed E-state index contributed by atoms with van der Waals surface area (Å²) in [6, 6.07) is 14.4. The number of pyridine rings is 1. The van der Waals surface area contributed by atoms with Crippen LogP contribution in [0.1, 0.15) is 58.6 Å². The van der Waals surface area contributed by atoms with Crippen LogP contribution in [0.25, 0.3) is 5.69 Å². The molecule has 7 nitrogen and oxygen atoms in total. The predicted molar refractivity (Wildman–Crippen MR) is 133 cm³/mol. The summed E-state index contributed by atoms with van der Waals surface area (Å²) in [7, 11) is 1.66. The molecule has 7 heteroatoms. The van der Waals surface area contributed by atoms with Crippen molar-refractivity contribution in [3.8, 4) is 11.8 Å². The van der Waals surface area contributed by atoms with Crippen LogP contribution in [0.2, 0.25) is 0 Å². The summed E-state index contributed by atoms with van der Waals surface area (Å²) < 4.78 is 12.7. The summed E-state index contributed by atoms with van der Waals surface area (Å²) in [5, 5.41) is 14.4. The smallest absolute Gasteiger partial charge is 0.170 e. The van der Waals surface area contributed by atoms with Crippen LogP contribution in [0, 0.1) is 25.2 Å². The molecule has 0 saturated heterocycles. The number of nitrogens with zero attached hydrogens (tertiary/aromatic N) is 4. The number of hydrogen-bond donors (Lipinski definition) is 0. The second kappa shape index (κ2) is 10.9. The second-order valence-corrected chi connectivity index (χ2v) is 9.30. The van der Waals surface area contributed by atoms with Crippen molar-refractivity contribution in [2.45, 2.75) is 57.5 Å². The van der Waals surface area contributed by atoms with Gasteiger partial charge in [0, 0.05) is 19.7 Å². The first-order valence-electron chi connectivity index (χ1n) is 12.1. The minimum Gasteiger partial charge on any atom is -0.382 e. The number of benzene rings is 1. The average Bonchev–Trinajstić information content (AvgIpc) is 3.27. The van der Waals surface area contributed by atoms with Crippen LogP contribution in [0.5, 0.6) is 0 Å². The standard InChI is InChI=1S/C28H32N4O3/c1-20-4-7-23(8-5-20)32-21(2)25(18-31-32)26(33)16-22-6-9-27(30-17-22)28(19-29)12-10-24(11-13-28)35-15-14-34-3/h4-9,17-18,24H,10-16H2,1-3H3. The van der Waals surface area contributed by atoms with E-state index in [1.807, 2.05) is 50.2 Å². The van der Waals surface area contributed by atoms with Crippen LogP contribution < -0.4 is 0 Å². The van der Waals surface area contributed by atoms with E-state index in [0.717, 1.165) is 35.5 Å². The van der Waals surface area contributed by atoms with Gasteiger partial charge in [0.1, 0.15) is 0 Å². The molecule has 4 rings (SSSR count). The normalized spacial score (nSPS) is 19.9. The Balaban J connectivity index is 1.41. The van der Waals surface area contributed by atoms with Crippen molar-refractivity contribution in [3.05, 3.63) is 76.9 Å². The van der Waals surface area contributed by atoms with Crippen molar-refractivity contribution in [2.24, 2.45) is 0 Å². The summed E-state index contributed by atoms with van der Waals surface area (Å²) in [6.07, 6.45) is 6.83. The maximum absolute atomic E-state index is 13.0. The lowest BCUT2D eigenvalue weighted by Gasteiger charge is -2.34. The van der Waals surface area contributed by atoms with Crippen molar-refractivity contribution in [1.82, 2.24) is 14.8 Å². The van der Waals surface area contributed by atoms with Gasteiger partial charge in [-0.2, -0.15) is 10.4 Å². The van der Waals surface area contributed by atoms with Gasteiger partial charge >= 0.3 is 0 Å². The van der Waals surface area contributed by atoms with Crippen LogP contribution in [-0.4, -0.2) is 47.0 Å². The molecular weight excluding hydrogens is 440 g/mol. The molecule has 1 fully saturated rings. The van der Waals surface area contributed by atoms with E-state index in [0.29, 0.717) is 31.6 Å². The highest BCUT2D eigenvalue weighted by Gasteiger charge is 2.38. The van der Waals surface area contributed by atoms with E-state index in [9.17, 15) is 10.1 Å². The van der Waals surface area contributed by atoms with Gasteiger partial charge in [-0.25, -0.2) is 4.68 Å². The second-order valence-electron chi connectivity index (χ2n) is 9.30. The third-order valence-electron chi connectivity index (χ3n) is 6.91. The van der Waals surface area contributed by atoms with E-state index in [-0.39, 0.29) is 18.3 Å². The highest BCUT2D eigenvalue weighted by Crippen LogP contribution is 2.39. The molecule has 0 aliphatic heterocycles. The topological polar surface area (TPSA) is 90.0 Å². The van der Waals surface area contributed by atoms with Gasteiger partial charge in [0.05, 0.1) is 59.6 Å². The van der Waals surface area contributed by atoms with E-state index in [2.05, 4.69) is 16.2 Å². The van der Waals surface area contributed by atoms with Gasteiger partial charge in [-0.05, 0) is 63.3 Å². The summed E-state index contributed by atoms with van der Waals surface area (Å²) in [6.45, 7) is 5.10. The fourth-order valence-corrected chi connectivity index (χ4v) is 4.70. The lowest BCUT2D eigenvalue weighted by atomic mass is 9.71. The van der Waals surface area contributed by atoms with Gasteiger partial charge in [-0.1, -0.05) is 23.8 Å². The lowest BCUT2D eigenvalue weighted by molar-refractivity contribution is -0.00750. The van der Waals surface area contributed by atoms with Gasteiger partial charge in [0.15, 0.2) is 5.78 Å². The predicted octanol–water partition coefficient (Wildman–Crippen LogP) is 4.68. The number of ketones is 1. The number of rotatable bonds is 9. The Morgan fingerprint density at radius 3 is 2.49 bits per heavy atom. The van der Waals surface area contributed by atoms with Crippen molar-refractivity contribution in [1.29, 1.82) is 5.26 Å². The van der Waals surface area contributed by atoms with Crippen molar-refractivity contribution >= 4 is 5.78 Å². The Bertz CT molecular complexity index is 1180. The molecule has 2 aromatic heterocycles. The Kier molecular flexibility index (Phi) is 7.74. The number of Topliss-reactive ketones (excluding diaryl/α,β-unsaturated/α-hetero) is 1. The van der Waals surface area contributed by atoms with Gasteiger partial charge < -0.3 is 9.47 Å². The largest absolute Gasteiger partial charge is 0.382 e. The molecule has 35 heavy (non-hydrogen) atoms. The Labute approximate surface area is 206 Å².